The van der Waals surface area contributed by atoms with Crippen LogP contribution in [0.3, 0.4) is 0 Å². The molecule has 3 aromatic rings. The minimum absolute atomic E-state index is 0.320. The fourth-order valence-electron chi connectivity index (χ4n) is 2.83. The zero-order chi connectivity index (χ0) is 16.6. The molecule has 124 valence electrons. The van der Waals surface area contributed by atoms with E-state index in [0.717, 1.165) is 27.9 Å². The van der Waals surface area contributed by atoms with Crippen molar-refractivity contribution >= 4 is 17.5 Å². The first-order valence-electron chi connectivity index (χ1n) is 7.91. The van der Waals surface area contributed by atoms with Crippen LogP contribution in [0.4, 0.5) is 0 Å². The number of rotatable bonds is 2. The van der Waals surface area contributed by atoms with Gasteiger partial charge in [0, 0.05) is 5.41 Å². The summed E-state index contributed by atoms with van der Waals surface area (Å²) in [5, 5.41) is 11.4. The number of hydrogen-bond acceptors (Lipinski definition) is 6. The molecule has 0 aliphatic carbocycles. The molecule has 2 aromatic carbocycles. The number of thioether (sulfide) groups is 1. The van der Waals surface area contributed by atoms with Gasteiger partial charge in [-0.2, -0.15) is 0 Å². The largest absolute Gasteiger partial charge is 0.485 e. The molecule has 1 N–H and O–H groups in total. The van der Waals surface area contributed by atoms with Gasteiger partial charge in [0.05, 0.1) is 5.70 Å². The van der Waals surface area contributed by atoms with Crippen LogP contribution in [0.2, 0.25) is 0 Å². The Morgan fingerprint density at radius 1 is 1.00 bits per heavy atom. The summed E-state index contributed by atoms with van der Waals surface area (Å²) < 4.78 is 13.7. The van der Waals surface area contributed by atoms with Gasteiger partial charge >= 0.3 is 0 Å². The van der Waals surface area contributed by atoms with Gasteiger partial charge in [0.15, 0.2) is 23.4 Å². The summed E-state index contributed by atoms with van der Waals surface area (Å²) in [6.45, 7) is 0.395. The maximum Gasteiger partial charge on any atom is 0.214 e. The second-order valence-electron chi connectivity index (χ2n) is 5.67. The first kappa shape index (κ1) is 14.4. The van der Waals surface area contributed by atoms with E-state index in [1.807, 2.05) is 52.5 Å². The van der Waals surface area contributed by atoms with E-state index in [-0.39, 0.29) is 6.10 Å². The summed E-state index contributed by atoms with van der Waals surface area (Å²) in [5.41, 5.74) is 5.48. The van der Waals surface area contributed by atoms with Gasteiger partial charge in [0.25, 0.3) is 0 Å². The van der Waals surface area contributed by atoms with E-state index in [9.17, 15) is 0 Å². The van der Waals surface area contributed by atoms with E-state index >= 15 is 0 Å². The Bertz CT molecular complexity index is 955. The third kappa shape index (κ3) is 2.53. The lowest BCUT2D eigenvalue weighted by molar-refractivity contribution is 0.0829. The number of nitrogens with zero attached hydrogens (tertiary/aromatic N) is 3. The lowest BCUT2D eigenvalue weighted by atomic mass is 10.2. The summed E-state index contributed by atoms with van der Waals surface area (Å²) >= 11 is 1.53. The zero-order valence-electron chi connectivity index (χ0n) is 13.1. The Balaban J connectivity index is 1.45. The van der Waals surface area contributed by atoms with Crippen LogP contribution >= 0.6 is 11.8 Å². The van der Waals surface area contributed by atoms with Crippen LogP contribution < -0.4 is 14.9 Å². The predicted octanol–water partition coefficient (Wildman–Crippen LogP) is 3.44. The highest BCUT2D eigenvalue weighted by atomic mass is 32.2. The molecule has 0 saturated heterocycles. The number of fused-ring (bicyclic) bond motifs is 2. The molecule has 7 heteroatoms. The number of nitrogens with one attached hydrogen (secondary N) is 1. The van der Waals surface area contributed by atoms with Crippen LogP contribution in [-0.4, -0.2) is 21.5 Å². The van der Waals surface area contributed by atoms with Crippen molar-refractivity contribution in [3.8, 4) is 11.5 Å². The number of aromatic nitrogens is 3. The van der Waals surface area contributed by atoms with Crippen LogP contribution in [0.15, 0.2) is 65.2 Å². The van der Waals surface area contributed by atoms with E-state index in [1.54, 1.807) is 0 Å². The van der Waals surface area contributed by atoms with E-state index in [1.165, 1.54) is 11.8 Å². The number of para-hydroxylation sites is 2. The number of hydrogen-bond donors (Lipinski definition) is 1. The Labute approximate surface area is 148 Å². The van der Waals surface area contributed by atoms with Crippen LogP contribution in [0, 0.1) is 0 Å². The average molecular weight is 350 g/mol. The fourth-order valence-corrected chi connectivity index (χ4v) is 3.57. The molecule has 1 aromatic heterocycles. The van der Waals surface area contributed by atoms with Gasteiger partial charge in [-0.1, -0.05) is 54.2 Å². The van der Waals surface area contributed by atoms with Gasteiger partial charge in [-0.05, 0) is 17.7 Å². The predicted molar refractivity (Wildman–Crippen MR) is 95.0 cm³/mol. The summed E-state index contributed by atoms with van der Waals surface area (Å²) in [6.07, 6.45) is -0.320. The monoisotopic (exact) mass is 350 g/mol. The molecular formula is C18H14N4O2S. The highest BCUT2D eigenvalue weighted by molar-refractivity contribution is 8.02. The summed E-state index contributed by atoms with van der Waals surface area (Å²) in [5.74, 6) is 2.17. The molecule has 3 heterocycles. The SMILES string of the molecule is C1=C(c2ccccc2)Nn2c(nnc2[C@@H]2COc3ccccc3O2)S1. The minimum atomic E-state index is -0.320. The molecule has 2 aliphatic heterocycles. The van der Waals surface area contributed by atoms with Crippen LogP contribution in [0.1, 0.15) is 17.5 Å². The molecule has 0 amide bonds. The molecule has 25 heavy (non-hydrogen) atoms. The zero-order valence-corrected chi connectivity index (χ0v) is 13.9. The molecule has 0 unspecified atom stereocenters. The van der Waals surface area contributed by atoms with Crippen molar-refractivity contribution in [2.45, 2.75) is 11.3 Å². The van der Waals surface area contributed by atoms with Gasteiger partial charge in [0.1, 0.15) is 6.61 Å². The molecular weight excluding hydrogens is 336 g/mol. The Morgan fingerprint density at radius 2 is 1.80 bits per heavy atom. The van der Waals surface area contributed by atoms with E-state index in [2.05, 4.69) is 27.8 Å². The Hall–Kier alpha value is -2.93. The first-order chi connectivity index (χ1) is 12.4. The molecule has 0 spiro atoms. The maximum atomic E-state index is 6.07. The molecule has 0 saturated carbocycles. The van der Waals surface area contributed by atoms with E-state index in [4.69, 9.17) is 9.47 Å². The van der Waals surface area contributed by atoms with Crippen LogP contribution in [-0.2, 0) is 0 Å². The van der Waals surface area contributed by atoms with E-state index < -0.39 is 0 Å². The number of benzene rings is 2. The van der Waals surface area contributed by atoms with Crippen molar-refractivity contribution in [1.29, 1.82) is 0 Å². The van der Waals surface area contributed by atoms with Gasteiger partial charge in [0.2, 0.25) is 5.16 Å². The lowest BCUT2D eigenvalue weighted by Crippen LogP contribution is -2.28. The van der Waals surface area contributed by atoms with Crippen LogP contribution in [0.5, 0.6) is 11.5 Å². The van der Waals surface area contributed by atoms with Crippen molar-refractivity contribution < 1.29 is 9.47 Å². The molecule has 0 radical (unpaired) electrons. The molecule has 0 fully saturated rings. The normalized spacial score (nSPS) is 18.1. The smallest absolute Gasteiger partial charge is 0.214 e. The van der Waals surface area contributed by atoms with Crippen molar-refractivity contribution in [2.24, 2.45) is 0 Å². The fraction of sp³-hybridized carbons (Fsp3) is 0.111. The van der Waals surface area contributed by atoms with Crippen molar-refractivity contribution in [2.75, 3.05) is 12.0 Å². The quantitative estimate of drug-likeness (QED) is 0.764. The molecule has 6 nitrogen and oxygen atoms in total. The first-order valence-corrected chi connectivity index (χ1v) is 8.79. The topological polar surface area (TPSA) is 61.2 Å². The van der Waals surface area contributed by atoms with Crippen LogP contribution in [0.25, 0.3) is 5.70 Å². The molecule has 1 atom stereocenters. The van der Waals surface area contributed by atoms with Crippen molar-refractivity contribution in [3.05, 3.63) is 71.4 Å². The second kappa shape index (κ2) is 5.86. The standard InChI is InChI=1S/C18H14N4O2S/c1-2-6-12(7-3-1)13-11-25-18-20-19-17(22(18)21-13)16-10-23-14-8-4-5-9-15(14)24-16/h1-9,11,16,21H,10H2/t16-/m0/s1. The summed E-state index contributed by atoms with van der Waals surface area (Å²) in [4.78, 5) is 0. The minimum Gasteiger partial charge on any atom is -0.485 e. The van der Waals surface area contributed by atoms with Gasteiger partial charge in [-0.3, -0.25) is 5.43 Å². The third-order valence-corrected chi connectivity index (χ3v) is 4.88. The summed E-state index contributed by atoms with van der Waals surface area (Å²) in [6, 6.07) is 17.8. The molecule has 2 aliphatic rings. The highest BCUT2D eigenvalue weighted by Gasteiger charge is 2.30. The summed E-state index contributed by atoms with van der Waals surface area (Å²) in [7, 11) is 0. The Kier molecular flexibility index (Phi) is 3.38. The molecule has 5 rings (SSSR count). The Morgan fingerprint density at radius 3 is 2.68 bits per heavy atom. The van der Waals surface area contributed by atoms with Crippen molar-refractivity contribution in [1.82, 2.24) is 14.9 Å². The van der Waals surface area contributed by atoms with E-state index in [0.29, 0.717) is 12.4 Å². The van der Waals surface area contributed by atoms with Gasteiger partial charge in [-0.15, -0.1) is 10.2 Å². The third-order valence-electron chi connectivity index (χ3n) is 4.05. The maximum absolute atomic E-state index is 6.07. The highest BCUT2D eigenvalue weighted by Crippen LogP contribution is 2.37. The average Bonchev–Trinajstić information content (AvgIpc) is 3.11. The van der Waals surface area contributed by atoms with Gasteiger partial charge < -0.3 is 9.47 Å². The second-order valence-corrected chi connectivity index (χ2v) is 6.50. The van der Waals surface area contributed by atoms with Gasteiger partial charge in [-0.25, -0.2) is 4.68 Å². The molecule has 0 bridgehead atoms. The van der Waals surface area contributed by atoms with Crippen molar-refractivity contribution in [3.63, 3.8) is 0 Å². The lowest BCUT2D eigenvalue weighted by Gasteiger charge is -2.27. The number of ether oxygens (including phenoxy) is 2.